The van der Waals surface area contributed by atoms with E-state index in [0.29, 0.717) is 16.9 Å². The second-order valence-electron chi connectivity index (χ2n) is 7.84. The summed E-state index contributed by atoms with van der Waals surface area (Å²) in [5.74, 6) is -2.16. The minimum absolute atomic E-state index is 0.183. The predicted octanol–water partition coefficient (Wildman–Crippen LogP) is 5.24. The van der Waals surface area contributed by atoms with E-state index in [1.165, 1.54) is 4.68 Å². The lowest BCUT2D eigenvalue weighted by Crippen LogP contribution is -2.36. The summed E-state index contributed by atoms with van der Waals surface area (Å²) in [6.07, 6.45) is 0.874. The molecule has 3 aromatic carbocycles. The largest absolute Gasteiger partial charge is 0.328 e. The monoisotopic (exact) mass is 518 g/mol. The number of rotatable bonds is 5. The van der Waals surface area contributed by atoms with E-state index in [-0.39, 0.29) is 5.69 Å². The Bertz CT molecular complexity index is 1390. The van der Waals surface area contributed by atoms with Crippen LogP contribution in [0.15, 0.2) is 77.3 Å². The van der Waals surface area contributed by atoms with Gasteiger partial charge in [-0.15, -0.1) is 0 Å². The van der Waals surface area contributed by atoms with Crippen molar-refractivity contribution in [2.75, 3.05) is 16.1 Å². The number of carbonyl (C=O) groups is 3. The maximum absolute atomic E-state index is 13.1. The first kappa shape index (κ1) is 23.3. The molecule has 0 bridgehead atoms. The molecule has 8 heteroatoms. The van der Waals surface area contributed by atoms with E-state index in [1.54, 1.807) is 36.4 Å². The Labute approximate surface area is 205 Å². The third kappa shape index (κ3) is 5.18. The lowest BCUT2D eigenvalue weighted by molar-refractivity contribution is -0.133. The molecule has 0 radical (unpaired) electrons. The van der Waals surface area contributed by atoms with Gasteiger partial charge in [-0.1, -0.05) is 47.1 Å². The Kier molecular flexibility index (Phi) is 6.79. The summed E-state index contributed by atoms with van der Waals surface area (Å²) in [7, 11) is 0. The number of anilines is 2. The number of nitrogens with zero attached hydrogens (tertiary/aromatic N) is 1. The van der Waals surface area contributed by atoms with Crippen molar-refractivity contribution in [1.82, 2.24) is 4.68 Å². The molecule has 0 saturated heterocycles. The van der Waals surface area contributed by atoms with Crippen molar-refractivity contribution in [3.63, 3.8) is 0 Å². The predicted molar refractivity (Wildman–Crippen MR) is 138 cm³/mol. The molecule has 3 N–H and O–H groups in total. The van der Waals surface area contributed by atoms with Crippen LogP contribution in [-0.4, -0.2) is 22.4 Å². The van der Waals surface area contributed by atoms with Crippen LogP contribution in [0.25, 0.3) is 10.9 Å². The maximum Gasteiger partial charge on any atom is 0.328 e. The number of fused-ring (bicyclic) bond motifs is 1. The van der Waals surface area contributed by atoms with Gasteiger partial charge in [-0.2, -0.15) is 0 Å². The van der Waals surface area contributed by atoms with Gasteiger partial charge < -0.3 is 10.6 Å². The second-order valence-corrected chi connectivity index (χ2v) is 8.75. The molecule has 1 heterocycles. The van der Waals surface area contributed by atoms with Gasteiger partial charge in [0, 0.05) is 21.2 Å². The number of amides is 3. The molecule has 4 rings (SSSR count). The summed E-state index contributed by atoms with van der Waals surface area (Å²) >= 11 is 3.43. The van der Waals surface area contributed by atoms with Gasteiger partial charge in [0.2, 0.25) is 0 Å². The maximum atomic E-state index is 13.1. The van der Waals surface area contributed by atoms with Crippen LogP contribution in [0, 0.1) is 6.92 Å². The first-order valence-corrected chi connectivity index (χ1v) is 11.5. The van der Waals surface area contributed by atoms with Crippen LogP contribution in [0.3, 0.4) is 0 Å². The third-order valence-corrected chi connectivity index (χ3v) is 5.81. The van der Waals surface area contributed by atoms with E-state index in [2.05, 4.69) is 32.0 Å². The number of aryl methyl sites for hydroxylation is 2. The van der Waals surface area contributed by atoms with Gasteiger partial charge in [0.05, 0.1) is 5.52 Å². The number of aromatic nitrogens is 1. The molecule has 0 fully saturated rings. The topological polar surface area (TPSA) is 92.2 Å². The lowest BCUT2D eigenvalue weighted by atomic mass is 10.1. The molecule has 0 atom stereocenters. The van der Waals surface area contributed by atoms with Crippen LogP contribution in [-0.2, 0) is 16.0 Å². The quantitative estimate of drug-likeness (QED) is 0.315. The molecular formula is C26H23BrN4O3. The average molecular weight is 519 g/mol. The van der Waals surface area contributed by atoms with E-state index in [0.717, 1.165) is 27.4 Å². The SMILES string of the molecule is CCc1ccc(NC(=O)C(=O)Nn2c(C(=O)Nc3cccc(C)c3)cc3cc(Br)ccc32)cc1. The lowest BCUT2D eigenvalue weighted by Gasteiger charge is -2.13. The van der Waals surface area contributed by atoms with Gasteiger partial charge in [-0.3, -0.25) is 19.8 Å². The number of benzene rings is 3. The Morgan fingerprint density at radius 3 is 2.32 bits per heavy atom. The molecule has 0 aliphatic rings. The van der Waals surface area contributed by atoms with Crippen molar-refractivity contribution < 1.29 is 14.4 Å². The first-order valence-electron chi connectivity index (χ1n) is 10.7. The molecule has 34 heavy (non-hydrogen) atoms. The number of nitrogens with one attached hydrogen (secondary N) is 3. The molecule has 0 saturated carbocycles. The molecular weight excluding hydrogens is 496 g/mol. The average Bonchev–Trinajstić information content (AvgIpc) is 3.17. The first-order chi connectivity index (χ1) is 16.3. The van der Waals surface area contributed by atoms with Gasteiger partial charge in [0.25, 0.3) is 5.91 Å². The van der Waals surface area contributed by atoms with Gasteiger partial charge in [-0.25, -0.2) is 4.68 Å². The molecule has 172 valence electrons. The molecule has 3 amide bonds. The number of carbonyl (C=O) groups excluding carboxylic acids is 3. The Morgan fingerprint density at radius 2 is 1.62 bits per heavy atom. The second kappa shape index (κ2) is 9.93. The Morgan fingerprint density at radius 1 is 0.853 bits per heavy atom. The molecule has 0 spiro atoms. The minimum Gasteiger partial charge on any atom is -0.321 e. The molecule has 1 aromatic heterocycles. The normalized spacial score (nSPS) is 10.7. The summed E-state index contributed by atoms with van der Waals surface area (Å²) in [4.78, 5) is 38.4. The highest BCUT2D eigenvalue weighted by Crippen LogP contribution is 2.24. The summed E-state index contributed by atoms with van der Waals surface area (Å²) < 4.78 is 2.15. The van der Waals surface area contributed by atoms with Gasteiger partial charge >= 0.3 is 11.8 Å². The number of hydrogen-bond acceptors (Lipinski definition) is 3. The van der Waals surface area contributed by atoms with Crippen molar-refractivity contribution in [3.8, 4) is 0 Å². The van der Waals surface area contributed by atoms with Gasteiger partial charge in [0.1, 0.15) is 5.69 Å². The van der Waals surface area contributed by atoms with E-state index in [9.17, 15) is 14.4 Å². The Hall–Kier alpha value is -3.91. The fourth-order valence-electron chi connectivity index (χ4n) is 3.56. The van der Waals surface area contributed by atoms with Crippen LogP contribution in [0.4, 0.5) is 11.4 Å². The molecule has 0 aliphatic carbocycles. The zero-order valence-electron chi connectivity index (χ0n) is 18.7. The zero-order valence-corrected chi connectivity index (χ0v) is 20.3. The molecule has 4 aromatic rings. The van der Waals surface area contributed by atoms with Crippen molar-refractivity contribution >= 4 is 55.9 Å². The third-order valence-electron chi connectivity index (χ3n) is 5.31. The van der Waals surface area contributed by atoms with Gasteiger partial charge in [-0.05, 0) is 73.0 Å². The smallest absolute Gasteiger partial charge is 0.321 e. The van der Waals surface area contributed by atoms with Crippen molar-refractivity contribution in [1.29, 1.82) is 0 Å². The summed E-state index contributed by atoms with van der Waals surface area (Å²) in [5, 5.41) is 6.15. The fraction of sp³-hybridized carbons (Fsp3) is 0.115. The standard InChI is InChI=1S/C26H23BrN4O3/c1-3-17-7-10-20(11-8-17)28-25(33)26(34)30-31-22-12-9-19(27)14-18(22)15-23(31)24(32)29-21-6-4-5-16(2)13-21/h4-15H,3H2,1-2H3,(H,28,33)(H,29,32)(H,30,34). The Balaban J connectivity index is 1.60. The zero-order chi connectivity index (χ0) is 24.2. The van der Waals surface area contributed by atoms with Crippen LogP contribution in [0.5, 0.6) is 0 Å². The van der Waals surface area contributed by atoms with Crippen molar-refractivity contribution in [2.45, 2.75) is 20.3 Å². The highest BCUT2D eigenvalue weighted by Gasteiger charge is 2.21. The molecule has 0 unspecified atom stereocenters. The highest BCUT2D eigenvalue weighted by atomic mass is 79.9. The minimum atomic E-state index is -0.899. The van der Waals surface area contributed by atoms with E-state index >= 15 is 0 Å². The summed E-state index contributed by atoms with van der Waals surface area (Å²) in [5.41, 5.74) is 6.58. The van der Waals surface area contributed by atoms with E-state index < -0.39 is 17.7 Å². The fourth-order valence-corrected chi connectivity index (χ4v) is 3.93. The van der Waals surface area contributed by atoms with E-state index in [4.69, 9.17) is 0 Å². The summed E-state index contributed by atoms with van der Waals surface area (Å²) in [6.45, 7) is 3.96. The summed E-state index contributed by atoms with van der Waals surface area (Å²) in [6, 6.07) is 21.7. The van der Waals surface area contributed by atoms with Crippen LogP contribution in [0.2, 0.25) is 0 Å². The highest BCUT2D eigenvalue weighted by molar-refractivity contribution is 9.10. The van der Waals surface area contributed by atoms with Crippen LogP contribution < -0.4 is 16.1 Å². The van der Waals surface area contributed by atoms with Crippen LogP contribution >= 0.6 is 15.9 Å². The number of hydrogen-bond donors (Lipinski definition) is 3. The van der Waals surface area contributed by atoms with Crippen molar-refractivity contribution in [3.05, 3.63) is 94.1 Å². The number of halogens is 1. The molecule has 0 aliphatic heterocycles. The van der Waals surface area contributed by atoms with Crippen molar-refractivity contribution in [2.24, 2.45) is 0 Å². The van der Waals surface area contributed by atoms with Crippen LogP contribution in [0.1, 0.15) is 28.5 Å². The van der Waals surface area contributed by atoms with Gasteiger partial charge in [0.15, 0.2) is 0 Å². The van der Waals surface area contributed by atoms with E-state index in [1.807, 2.05) is 50.2 Å². The molecule has 7 nitrogen and oxygen atoms in total.